The molecule has 0 radical (unpaired) electrons. The number of aryl methyl sites for hydroxylation is 2. The molecule has 0 aliphatic rings. The minimum atomic E-state index is 0.821. The molecule has 126 valence electrons. The lowest BCUT2D eigenvalue weighted by Gasteiger charge is -2.19. The first-order valence-corrected chi connectivity index (χ1v) is 8.52. The first-order valence-electron chi connectivity index (χ1n) is 8.52. The predicted molar refractivity (Wildman–Crippen MR) is 102 cm³/mol. The molecule has 2 heterocycles. The highest BCUT2D eigenvalue weighted by atomic mass is 15.3. The van der Waals surface area contributed by atoms with E-state index in [-0.39, 0.29) is 0 Å². The summed E-state index contributed by atoms with van der Waals surface area (Å²) in [6, 6.07) is 14.6. The van der Waals surface area contributed by atoms with E-state index < -0.39 is 0 Å². The van der Waals surface area contributed by atoms with E-state index in [2.05, 4.69) is 82.7 Å². The van der Waals surface area contributed by atoms with E-state index in [1.807, 2.05) is 7.05 Å². The lowest BCUT2D eigenvalue weighted by molar-refractivity contribution is 0.890. The van der Waals surface area contributed by atoms with Gasteiger partial charge in [-0.1, -0.05) is 41.5 Å². The lowest BCUT2D eigenvalue weighted by Crippen LogP contribution is -2.21. The SMILES string of the molecule is CCN(C)c1nc2ccc(C)cc2c2nnc(-c3ccc(C)cc3)n12. The van der Waals surface area contributed by atoms with E-state index in [1.54, 1.807) is 0 Å². The molecule has 0 saturated heterocycles. The van der Waals surface area contributed by atoms with Gasteiger partial charge in [-0.2, -0.15) is 0 Å². The maximum Gasteiger partial charge on any atom is 0.213 e. The number of benzene rings is 2. The van der Waals surface area contributed by atoms with Crippen LogP contribution in [-0.2, 0) is 0 Å². The molecule has 0 aliphatic carbocycles. The van der Waals surface area contributed by atoms with Gasteiger partial charge in [0.2, 0.25) is 5.95 Å². The largest absolute Gasteiger partial charge is 0.345 e. The Balaban J connectivity index is 2.10. The van der Waals surface area contributed by atoms with Gasteiger partial charge in [0.05, 0.1) is 5.52 Å². The molecule has 5 heteroatoms. The molecular formula is C20H21N5. The highest BCUT2D eigenvalue weighted by molar-refractivity contribution is 5.93. The van der Waals surface area contributed by atoms with Crippen molar-refractivity contribution in [2.75, 3.05) is 18.5 Å². The van der Waals surface area contributed by atoms with Crippen LogP contribution < -0.4 is 4.90 Å². The maximum absolute atomic E-state index is 4.90. The summed E-state index contributed by atoms with van der Waals surface area (Å²) in [4.78, 5) is 7.02. The summed E-state index contributed by atoms with van der Waals surface area (Å²) in [6.07, 6.45) is 0. The van der Waals surface area contributed by atoms with Crippen molar-refractivity contribution in [3.8, 4) is 11.4 Å². The normalized spacial score (nSPS) is 11.4. The number of rotatable bonds is 3. The van der Waals surface area contributed by atoms with Crippen LogP contribution in [0.5, 0.6) is 0 Å². The Kier molecular flexibility index (Phi) is 3.64. The van der Waals surface area contributed by atoms with Gasteiger partial charge in [-0.15, -0.1) is 10.2 Å². The van der Waals surface area contributed by atoms with E-state index in [0.29, 0.717) is 0 Å². The molecule has 4 rings (SSSR count). The van der Waals surface area contributed by atoms with Crippen molar-refractivity contribution < 1.29 is 0 Å². The van der Waals surface area contributed by atoms with Crippen molar-refractivity contribution in [2.24, 2.45) is 0 Å². The minimum Gasteiger partial charge on any atom is -0.345 e. The molecule has 2 aromatic carbocycles. The second-order valence-electron chi connectivity index (χ2n) is 6.50. The van der Waals surface area contributed by atoms with Gasteiger partial charge in [0.15, 0.2) is 11.5 Å². The van der Waals surface area contributed by atoms with Gasteiger partial charge >= 0.3 is 0 Å². The van der Waals surface area contributed by atoms with E-state index in [0.717, 1.165) is 40.4 Å². The summed E-state index contributed by atoms with van der Waals surface area (Å²) in [7, 11) is 2.04. The maximum atomic E-state index is 4.90. The van der Waals surface area contributed by atoms with Gasteiger partial charge in [-0.3, -0.25) is 0 Å². The van der Waals surface area contributed by atoms with E-state index in [4.69, 9.17) is 4.98 Å². The van der Waals surface area contributed by atoms with Gasteiger partial charge in [0.1, 0.15) is 0 Å². The molecule has 0 N–H and O–H groups in total. The Morgan fingerprint density at radius 2 is 1.68 bits per heavy atom. The molecular weight excluding hydrogens is 310 g/mol. The van der Waals surface area contributed by atoms with Crippen LogP contribution in [0.2, 0.25) is 0 Å². The fourth-order valence-corrected chi connectivity index (χ4v) is 3.02. The molecule has 4 aromatic rings. The van der Waals surface area contributed by atoms with Crippen molar-refractivity contribution in [3.63, 3.8) is 0 Å². The molecule has 0 amide bonds. The Hall–Kier alpha value is -2.95. The molecule has 0 bridgehead atoms. The van der Waals surface area contributed by atoms with Crippen LogP contribution in [0.3, 0.4) is 0 Å². The van der Waals surface area contributed by atoms with Gasteiger partial charge in [-0.25, -0.2) is 9.38 Å². The topological polar surface area (TPSA) is 46.3 Å². The smallest absolute Gasteiger partial charge is 0.213 e. The summed E-state index contributed by atoms with van der Waals surface area (Å²) in [5.74, 6) is 1.68. The first-order chi connectivity index (χ1) is 12.1. The second kappa shape index (κ2) is 5.84. The quantitative estimate of drug-likeness (QED) is 0.569. The summed E-state index contributed by atoms with van der Waals surface area (Å²) >= 11 is 0. The standard InChI is InChI=1S/C20H21N5/c1-5-24(4)20-21-17-11-8-14(3)12-16(17)19-23-22-18(25(19)20)15-9-6-13(2)7-10-15/h6-12H,5H2,1-4H3. The molecule has 0 fully saturated rings. The van der Waals surface area contributed by atoms with Crippen molar-refractivity contribution in [3.05, 3.63) is 53.6 Å². The Bertz CT molecular complexity index is 1060. The van der Waals surface area contributed by atoms with Gasteiger partial charge in [0, 0.05) is 24.5 Å². The fraction of sp³-hybridized carbons (Fsp3) is 0.250. The predicted octanol–water partition coefficient (Wildman–Crippen LogP) is 4.02. The number of hydrogen-bond donors (Lipinski definition) is 0. The lowest BCUT2D eigenvalue weighted by atomic mass is 10.1. The van der Waals surface area contributed by atoms with E-state index in [9.17, 15) is 0 Å². The summed E-state index contributed by atoms with van der Waals surface area (Å²) in [5, 5.41) is 10.0. The molecule has 0 atom stereocenters. The third-order valence-corrected chi connectivity index (χ3v) is 4.60. The zero-order valence-corrected chi connectivity index (χ0v) is 15.0. The Morgan fingerprint density at radius 1 is 0.960 bits per heavy atom. The zero-order chi connectivity index (χ0) is 17.6. The molecule has 0 saturated carbocycles. The number of fused-ring (bicyclic) bond motifs is 3. The van der Waals surface area contributed by atoms with Crippen LogP contribution >= 0.6 is 0 Å². The average Bonchev–Trinajstić information content (AvgIpc) is 3.06. The summed E-state index contributed by atoms with van der Waals surface area (Å²) < 4.78 is 2.07. The third kappa shape index (κ3) is 2.52. The minimum absolute atomic E-state index is 0.821. The molecule has 25 heavy (non-hydrogen) atoms. The monoisotopic (exact) mass is 331 g/mol. The van der Waals surface area contributed by atoms with Gasteiger partial charge < -0.3 is 4.90 Å². The molecule has 0 unspecified atom stereocenters. The van der Waals surface area contributed by atoms with Crippen LogP contribution in [0.1, 0.15) is 18.1 Å². The highest BCUT2D eigenvalue weighted by Crippen LogP contribution is 2.28. The van der Waals surface area contributed by atoms with Gasteiger partial charge in [-0.05, 0) is 32.9 Å². The Morgan fingerprint density at radius 3 is 2.40 bits per heavy atom. The second-order valence-corrected chi connectivity index (χ2v) is 6.50. The molecule has 2 aromatic heterocycles. The van der Waals surface area contributed by atoms with Crippen molar-refractivity contribution in [1.29, 1.82) is 0 Å². The molecule has 0 spiro atoms. The van der Waals surface area contributed by atoms with Gasteiger partial charge in [0.25, 0.3) is 0 Å². The average molecular weight is 331 g/mol. The van der Waals surface area contributed by atoms with Crippen molar-refractivity contribution in [2.45, 2.75) is 20.8 Å². The third-order valence-electron chi connectivity index (χ3n) is 4.60. The highest BCUT2D eigenvalue weighted by Gasteiger charge is 2.18. The fourth-order valence-electron chi connectivity index (χ4n) is 3.02. The van der Waals surface area contributed by atoms with Crippen LogP contribution in [0.15, 0.2) is 42.5 Å². The first kappa shape index (κ1) is 15.6. The zero-order valence-electron chi connectivity index (χ0n) is 15.0. The molecule has 5 nitrogen and oxygen atoms in total. The van der Waals surface area contributed by atoms with E-state index in [1.165, 1.54) is 11.1 Å². The van der Waals surface area contributed by atoms with E-state index >= 15 is 0 Å². The summed E-state index contributed by atoms with van der Waals surface area (Å²) in [6.45, 7) is 7.13. The Labute approximate surface area is 147 Å². The van der Waals surface area contributed by atoms with Crippen molar-refractivity contribution in [1.82, 2.24) is 19.6 Å². The van der Waals surface area contributed by atoms with Crippen LogP contribution in [-0.4, -0.2) is 33.2 Å². The summed E-state index contributed by atoms with van der Waals surface area (Å²) in [5.41, 5.74) is 5.24. The number of anilines is 1. The number of nitrogens with zero attached hydrogens (tertiary/aromatic N) is 5. The van der Waals surface area contributed by atoms with Crippen LogP contribution in [0.25, 0.3) is 27.9 Å². The van der Waals surface area contributed by atoms with Crippen molar-refractivity contribution >= 4 is 22.5 Å². The van der Waals surface area contributed by atoms with Crippen LogP contribution in [0, 0.1) is 13.8 Å². The van der Waals surface area contributed by atoms with Crippen LogP contribution in [0.4, 0.5) is 5.95 Å². The molecule has 0 aliphatic heterocycles. The number of aromatic nitrogens is 4. The number of hydrogen-bond acceptors (Lipinski definition) is 4.